The lowest BCUT2D eigenvalue weighted by Crippen LogP contribution is -2.16. The number of rotatable bonds is 3. The monoisotopic (exact) mass is 356 g/mol. The summed E-state index contributed by atoms with van der Waals surface area (Å²) in [7, 11) is 0. The van der Waals surface area contributed by atoms with Gasteiger partial charge in [0.25, 0.3) is 5.91 Å². The van der Waals surface area contributed by atoms with Crippen LogP contribution in [0.2, 0.25) is 0 Å². The summed E-state index contributed by atoms with van der Waals surface area (Å²) in [6, 6.07) is 18.6. The fourth-order valence-corrected chi connectivity index (χ4v) is 2.89. The number of benzene rings is 2. The number of hydrogen-bond acceptors (Lipinski definition) is 5. The molecule has 27 heavy (non-hydrogen) atoms. The molecule has 0 aliphatic heterocycles. The van der Waals surface area contributed by atoms with Crippen molar-refractivity contribution in [3.63, 3.8) is 0 Å². The van der Waals surface area contributed by atoms with Crippen LogP contribution in [0.25, 0.3) is 22.0 Å². The minimum atomic E-state index is -0.568. The topological polar surface area (TPSA) is 88.0 Å². The summed E-state index contributed by atoms with van der Waals surface area (Å²) in [4.78, 5) is 25.4. The molecule has 4 aromatic rings. The van der Waals surface area contributed by atoms with Gasteiger partial charge in [0.05, 0.1) is 5.69 Å². The van der Waals surface area contributed by atoms with Crippen LogP contribution in [0.1, 0.15) is 16.2 Å². The van der Waals surface area contributed by atoms with E-state index in [9.17, 15) is 9.90 Å². The van der Waals surface area contributed by atoms with Crippen LogP contribution in [0.15, 0.2) is 66.9 Å². The number of aryl methyl sites for hydroxylation is 1. The maximum atomic E-state index is 12.8. The molecule has 0 radical (unpaired) electrons. The maximum absolute atomic E-state index is 12.8. The van der Waals surface area contributed by atoms with E-state index in [1.54, 1.807) is 25.3 Å². The molecule has 0 fully saturated rings. The summed E-state index contributed by atoms with van der Waals surface area (Å²) >= 11 is 0. The fraction of sp³-hybridized carbons (Fsp3) is 0.0476. The predicted octanol–water partition coefficient (Wildman–Crippen LogP) is 3.96. The molecule has 6 heteroatoms. The number of pyridine rings is 1. The highest BCUT2D eigenvalue weighted by Crippen LogP contribution is 2.34. The Morgan fingerprint density at radius 3 is 2.37 bits per heavy atom. The first-order valence-electron chi connectivity index (χ1n) is 8.41. The number of anilines is 1. The van der Waals surface area contributed by atoms with E-state index < -0.39 is 5.91 Å². The summed E-state index contributed by atoms with van der Waals surface area (Å²) in [6.45, 7) is 1.80. The van der Waals surface area contributed by atoms with Gasteiger partial charge in [-0.1, -0.05) is 54.6 Å². The number of aromatic hydroxyl groups is 1. The number of hydrogen-bond donors (Lipinski definition) is 2. The Morgan fingerprint density at radius 1 is 0.926 bits per heavy atom. The zero-order chi connectivity index (χ0) is 18.8. The van der Waals surface area contributed by atoms with Crippen molar-refractivity contribution in [1.82, 2.24) is 15.0 Å². The van der Waals surface area contributed by atoms with Crippen molar-refractivity contribution in [2.45, 2.75) is 6.92 Å². The minimum absolute atomic E-state index is 0.0716. The first kappa shape index (κ1) is 16.7. The van der Waals surface area contributed by atoms with Gasteiger partial charge in [0, 0.05) is 28.2 Å². The number of carbonyl (C=O) groups excluding carboxylic acids is 1. The van der Waals surface area contributed by atoms with Crippen molar-refractivity contribution >= 4 is 22.6 Å². The van der Waals surface area contributed by atoms with Crippen LogP contribution in [0.3, 0.4) is 0 Å². The number of nitrogens with zero attached hydrogens (tertiary/aromatic N) is 3. The smallest absolute Gasteiger partial charge is 0.280 e. The van der Waals surface area contributed by atoms with Gasteiger partial charge >= 0.3 is 0 Å². The molecule has 132 valence electrons. The van der Waals surface area contributed by atoms with Gasteiger partial charge in [-0.15, -0.1) is 0 Å². The van der Waals surface area contributed by atoms with Gasteiger partial charge in [-0.3, -0.25) is 10.1 Å². The first-order valence-corrected chi connectivity index (χ1v) is 8.41. The molecular weight excluding hydrogens is 340 g/mol. The molecule has 4 rings (SSSR count). The van der Waals surface area contributed by atoms with Gasteiger partial charge in [0.2, 0.25) is 5.95 Å². The predicted molar refractivity (Wildman–Crippen MR) is 104 cm³/mol. The lowest BCUT2D eigenvalue weighted by molar-refractivity contribution is 0.101. The van der Waals surface area contributed by atoms with Crippen LogP contribution in [0, 0.1) is 6.92 Å². The van der Waals surface area contributed by atoms with E-state index >= 15 is 0 Å². The Kier molecular flexibility index (Phi) is 4.22. The Balaban J connectivity index is 1.85. The van der Waals surface area contributed by atoms with Gasteiger partial charge in [-0.2, -0.15) is 0 Å². The number of amides is 1. The standard InChI is InChI=1S/C21H16N4O2/c1-13-11-12-22-21(23-13)25-20(27)18-19(26)16-10-6-5-9-15(16)17(24-18)14-7-3-2-4-8-14/h2-12,26H,1H3,(H,22,23,25,27). The number of nitrogens with one attached hydrogen (secondary N) is 1. The van der Waals surface area contributed by atoms with Crippen molar-refractivity contribution < 1.29 is 9.90 Å². The molecule has 6 nitrogen and oxygen atoms in total. The van der Waals surface area contributed by atoms with Crippen molar-refractivity contribution in [2.75, 3.05) is 5.32 Å². The highest BCUT2D eigenvalue weighted by molar-refractivity contribution is 6.10. The van der Waals surface area contributed by atoms with E-state index in [2.05, 4.69) is 20.3 Å². The molecule has 0 spiro atoms. The van der Waals surface area contributed by atoms with E-state index in [0.29, 0.717) is 11.1 Å². The molecule has 0 unspecified atom stereocenters. The Bertz CT molecular complexity index is 1140. The average molecular weight is 356 g/mol. The van der Waals surface area contributed by atoms with Crippen LogP contribution < -0.4 is 5.32 Å². The van der Waals surface area contributed by atoms with Crippen LogP contribution in [0.5, 0.6) is 5.75 Å². The zero-order valence-corrected chi connectivity index (χ0v) is 14.5. The van der Waals surface area contributed by atoms with Crippen LogP contribution in [-0.4, -0.2) is 26.0 Å². The summed E-state index contributed by atoms with van der Waals surface area (Å²) in [5, 5.41) is 14.6. The van der Waals surface area contributed by atoms with E-state index in [4.69, 9.17) is 0 Å². The second-order valence-corrected chi connectivity index (χ2v) is 6.04. The second-order valence-electron chi connectivity index (χ2n) is 6.04. The molecule has 0 saturated heterocycles. The Labute approximate surface area is 155 Å². The molecule has 0 aliphatic rings. The lowest BCUT2D eigenvalue weighted by atomic mass is 10.0. The molecule has 1 amide bonds. The van der Waals surface area contributed by atoms with Crippen molar-refractivity contribution in [3.05, 3.63) is 78.2 Å². The largest absolute Gasteiger partial charge is 0.505 e. The van der Waals surface area contributed by atoms with E-state index in [-0.39, 0.29) is 17.4 Å². The van der Waals surface area contributed by atoms with Gasteiger partial charge in [0.15, 0.2) is 11.4 Å². The van der Waals surface area contributed by atoms with Gasteiger partial charge in [-0.25, -0.2) is 15.0 Å². The second kappa shape index (κ2) is 6.84. The molecule has 2 N–H and O–H groups in total. The van der Waals surface area contributed by atoms with E-state index in [0.717, 1.165) is 16.6 Å². The van der Waals surface area contributed by atoms with Crippen molar-refractivity contribution in [3.8, 4) is 17.0 Å². The third-order valence-electron chi connectivity index (χ3n) is 4.17. The molecule has 0 aliphatic carbocycles. The molecule has 2 heterocycles. The Hall–Kier alpha value is -3.80. The summed E-state index contributed by atoms with van der Waals surface area (Å²) < 4.78 is 0. The molecule has 0 atom stereocenters. The molecule has 0 bridgehead atoms. The van der Waals surface area contributed by atoms with Crippen LogP contribution in [0.4, 0.5) is 5.95 Å². The highest BCUT2D eigenvalue weighted by Gasteiger charge is 2.20. The maximum Gasteiger partial charge on any atom is 0.280 e. The van der Waals surface area contributed by atoms with Gasteiger partial charge < -0.3 is 5.11 Å². The average Bonchev–Trinajstić information content (AvgIpc) is 2.69. The van der Waals surface area contributed by atoms with Gasteiger partial charge in [0.1, 0.15) is 0 Å². The zero-order valence-electron chi connectivity index (χ0n) is 14.5. The Morgan fingerprint density at radius 2 is 1.63 bits per heavy atom. The molecular formula is C21H16N4O2. The van der Waals surface area contributed by atoms with Gasteiger partial charge in [-0.05, 0) is 13.0 Å². The lowest BCUT2D eigenvalue weighted by Gasteiger charge is -2.12. The van der Waals surface area contributed by atoms with Crippen molar-refractivity contribution in [2.24, 2.45) is 0 Å². The minimum Gasteiger partial charge on any atom is -0.505 e. The number of fused-ring (bicyclic) bond motifs is 1. The van der Waals surface area contributed by atoms with Crippen molar-refractivity contribution in [1.29, 1.82) is 0 Å². The number of carbonyl (C=O) groups is 1. The number of aromatic nitrogens is 3. The molecule has 0 saturated carbocycles. The first-order chi connectivity index (χ1) is 13.1. The summed E-state index contributed by atoms with van der Waals surface area (Å²) in [6.07, 6.45) is 1.56. The summed E-state index contributed by atoms with van der Waals surface area (Å²) in [5.74, 6) is -0.577. The normalized spacial score (nSPS) is 10.7. The molecule has 2 aromatic heterocycles. The van der Waals surface area contributed by atoms with Crippen LogP contribution in [-0.2, 0) is 0 Å². The van der Waals surface area contributed by atoms with E-state index in [1.165, 1.54) is 0 Å². The van der Waals surface area contributed by atoms with E-state index in [1.807, 2.05) is 48.5 Å². The highest BCUT2D eigenvalue weighted by atomic mass is 16.3. The fourth-order valence-electron chi connectivity index (χ4n) is 2.89. The quantitative estimate of drug-likeness (QED) is 0.580. The van der Waals surface area contributed by atoms with Crippen LogP contribution >= 0.6 is 0 Å². The summed E-state index contributed by atoms with van der Waals surface area (Å²) in [5.41, 5.74) is 2.13. The molecule has 2 aromatic carbocycles. The SMILES string of the molecule is Cc1ccnc(NC(=O)c2nc(-c3ccccc3)c3ccccc3c2O)n1. The third-order valence-corrected chi connectivity index (χ3v) is 4.17. The third kappa shape index (κ3) is 3.20.